The first-order valence-corrected chi connectivity index (χ1v) is 24.5. The molecule has 8 rings (SSSR count). The minimum Gasteiger partial charge on any atom is -0.464 e. The van der Waals surface area contributed by atoms with Crippen molar-refractivity contribution in [2.75, 3.05) is 38.9 Å². The third kappa shape index (κ3) is 10.8. The Labute approximate surface area is 405 Å². The van der Waals surface area contributed by atoms with Crippen LogP contribution in [0.2, 0.25) is 10.0 Å². The fourth-order valence-corrected chi connectivity index (χ4v) is 9.80. The van der Waals surface area contributed by atoms with Gasteiger partial charge in [0.15, 0.2) is 20.7 Å². The number of aliphatic hydroxyl groups is 2. The van der Waals surface area contributed by atoms with Crippen LogP contribution in [0.1, 0.15) is 43.2 Å². The zero-order chi connectivity index (χ0) is 48.5. The first-order chi connectivity index (χ1) is 32.8. The minimum absolute atomic E-state index is 0.0645. The molecule has 8 aromatic rings. The standard InChI is InChI=1S/C26H22ClNO6S.C26H22ClNO4S/c1-34-26(31)24-22(15-17-7-10-20(11-8-17)35(32,33)14-13-29)25(30)21-12-9-18(27)16-23(21)28(24)19-5-3-2-4-6-19;1-32-26(31)24-22(15-17-7-10-20(11-8-17)33-14-13-29)25(30)21-12-9-18(27)16-23(21)28(24)19-5-3-2-4-6-19/h2-12,16,29H,13-15H2,1H3;2-12,16,29H,13-15H2,1H3. The lowest BCUT2D eigenvalue weighted by molar-refractivity contribution is 0.0581. The molecule has 0 aliphatic heterocycles. The second-order valence-electron chi connectivity index (χ2n) is 15.2. The number of para-hydroxylation sites is 2. The van der Waals surface area contributed by atoms with E-state index in [2.05, 4.69) is 0 Å². The molecule has 0 saturated carbocycles. The Balaban J connectivity index is 0.000000202. The number of pyridine rings is 2. The summed E-state index contributed by atoms with van der Waals surface area (Å²) in [5.74, 6) is -1.05. The molecule has 0 radical (unpaired) electrons. The molecule has 6 aromatic carbocycles. The normalized spacial score (nSPS) is 11.3. The highest BCUT2D eigenvalue weighted by molar-refractivity contribution is 7.99. The van der Waals surface area contributed by atoms with Gasteiger partial charge >= 0.3 is 11.9 Å². The third-order valence-electron chi connectivity index (χ3n) is 10.9. The molecule has 0 aliphatic carbocycles. The molecule has 0 unspecified atom stereocenters. The third-order valence-corrected chi connectivity index (χ3v) is 14.1. The molecule has 2 heterocycles. The van der Waals surface area contributed by atoms with Crippen molar-refractivity contribution >= 4 is 78.5 Å². The molecule has 0 spiro atoms. The highest BCUT2D eigenvalue weighted by Gasteiger charge is 2.26. The zero-order valence-corrected chi connectivity index (χ0v) is 39.9. The fraction of sp³-hybridized carbons (Fsp3) is 0.154. The maximum atomic E-state index is 13.6. The van der Waals surface area contributed by atoms with Crippen LogP contribution in [0.15, 0.2) is 165 Å². The largest absolute Gasteiger partial charge is 0.464 e. The van der Waals surface area contributed by atoms with Gasteiger partial charge in [0.1, 0.15) is 11.4 Å². The summed E-state index contributed by atoms with van der Waals surface area (Å²) in [5, 5.41) is 19.8. The van der Waals surface area contributed by atoms with E-state index in [0.717, 1.165) is 16.1 Å². The molecule has 2 N–H and O–H groups in total. The first kappa shape index (κ1) is 49.4. The van der Waals surface area contributed by atoms with E-state index in [9.17, 15) is 27.6 Å². The van der Waals surface area contributed by atoms with Crippen molar-refractivity contribution in [3.05, 3.63) is 210 Å². The van der Waals surface area contributed by atoms with Crippen LogP contribution in [0.25, 0.3) is 33.2 Å². The molecule has 0 aliphatic rings. The summed E-state index contributed by atoms with van der Waals surface area (Å²) in [5.41, 5.74) is 4.13. The smallest absolute Gasteiger partial charge is 0.355 e. The van der Waals surface area contributed by atoms with Crippen molar-refractivity contribution < 1.29 is 37.7 Å². The number of sulfone groups is 1. The molecular formula is C52H44Cl2N2O10S2. The van der Waals surface area contributed by atoms with E-state index >= 15 is 0 Å². The average Bonchev–Trinajstić information content (AvgIpc) is 3.35. The van der Waals surface area contributed by atoms with Crippen molar-refractivity contribution in [3.8, 4) is 11.4 Å². The monoisotopic (exact) mass is 990 g/mol. The highest BCUT2D eigenvalue weighted by atomic mass is 35.5. The number of carbonyl (C=O) groups excluding carboxylic acids is 2. The number of benzene rings is 6. The lowest BCUT2D eigenvalue weighted by atomic mass is 9.99. The fourth-order valence-electron chi connectivity index (χ4n) is 7.78. The molecule has 2 aromatic heterocycles. The van der Waals surface area contributed by atoms with Crippen molar-refractivity contribution in [1.29, 1.82) is 0 Å². The van der Waals surface area contributed by atoms with Gasteiger partial charge in [-0.2, -0.15) is 0 Å². The van der Waals surface area contributed by atoms with E-state index in [0.29, 0.717) is 54.4 Å². The summed E-state index contributed by atoms with van der Waals surface area (Å²) >= 11 is 14.1. The van der Waals surface area contributed by atoms with E-state index in [-0.39, 0.29) is 57.9 Å². The Morgan fingerprint density at radius 1 is 0.588 bits per heavy atom. The van der Waals surface area contributed by atoms with E-state index in [1.165, 1.54) is 26.4 Å². The van der Waals surface area contributed by atoms with Crippen LogP contribution >= 0.6 is 35.0 Å². The Morgan fingerprint density at radius 3 is 1.41 bits per heavy atom. The summed E-state index contributed by atoms with van der Waals surface area (Å²) in [4.78, 5) is 54.3. The Kier molecular flexibility index (Phi) is 16.0. The molecule has 348 valence electrons. The van der Waals surface area contributed by atoms with Crippen molar-refractivity contribution in [2.45, 2.75) is 22.6 Å². The average molecular weight is 992 g/mol. The number of nitrogens with zero attached hydrogens (tertiary/aromatic N) is 2. The summed E-state index contributed by atoms with van der Waals surface area (Å²) in [6, 6.07) is 42.1. The molecular weight excluding hydrogens is 948 g/mol. The van der Waals surface area contributed by atoms with E-state index in [1.54, 1.807) is 69.4 Å². The van der Waals surface area contributed by atoms with Gasteiger partial charge in [-0.3, -0.25) is 9.59 Å². The number of rotatable bonds is 14. The number of esters is 2. The van der Waals surface area contributed by atoms with Crippen LogP contribution in [-0.4, -0.2) is 78.6 Å². The number of carbonyl (C=O) groups is 2. The molecule has 0 fully saturated rings. The number of ether oxygens (including phenoxy) is 2. The quantitative estimate of drug-likeness (QED) is 0.0788. The van der Waals surface area contributed by atoms with E-state index in [1.807, 2.05) is 84.9 Å². The predicted octanol–water partition coefficient (Wildman–Crippen LogP) is 8.89. The second kappa shape index (κ2) is 22.1. The Hall–Kier alpha value is -6.52. The predicted molar refractivity (Wildman–Crippen MR) is 267 cm³/mol. The van der Waals surface area contributed by atoms with Crippen LogP contribution in [-0.2, 0) is 32.2 Å². The SMILES string of the molecule is COC(=O)c1c(Cc2ccc(S(=O)(=O)CCO)cc2)c(=O)c2ccc(Cl)cc2n1-c1ccccc1.COC(=O)c1c(Cc2ccc(SCCO)cc2)c(=O)c2ccc(Cl)cc2n1-c1ccccc1. The van der Waals surface area contributed by atoms with Gasteiger partial charge in [0.25, 0.3) is 0 Å². The molecule has 68 heavy (non-hydrogen) atoms. The maximum absolute atomic E-state index is 13.6. The van der Waals surface area contributed by atoms with Crippen molar-refractivity contribution in [1.82, 2.24) is 9.13 Å². The zero-order valence-electron chi connectivity index (χ0n) is 36.7. The minimum atomic E-state index is -3.61. The summed E-state index contributed by atoms with van der Waals surface area (Å²) < 4.78 is 38.0. The van der Waals surface area contributed by atoms with Gasteiger partial charge in [-0.1, -0.05) is 83.9 Å². The highest BCUT2D eigenvalue weighted by Crippen LogP contribution is 2.29. The number of hydrogen-bond acceptors (Lipinski definition) is 11. The van der Waals surface area contributed by atoms with Gasteiger partial charge in [0.05, 0.1) is 49.1 Å². The van der Waals surface area contributed by atoms with Gasteiger partial charge in [-0.25, -0.2) is 18.0 Å². The van der Waals surface area contributed by atoms with Gasteiger partial charge in [0, 0.05) is 66.8 Å². The van der Waals surface area contributed by atoms with Crippen LogP contribution in [0.3, 0.4) is 0 Å². The maximum Gasteiger partial charge on any atom is 0.355 e. The van der Waals surface area contributed by atoms with E-state index < -0.39 is 28.4 Å². The number of methoxy groups -OCH3 is 2. The van der Waals surface area contributed by atoms with Gasteiger partial charge in [-0.15, -0.1) is 11.8 Å². The summed E-state index contributed by atoms with van der Waals surface area (Å²) in [6.45, 7) is -0.373. The lowest BCUT2D eigenvalue weighted by Gasteiger charge is -2.19. The number of hydrogen-bond donors (Lipinski definition) is 2. The molecule has 12 nitrogen and oxygen atoms in total. The summed E-state index contributed by atoms with van der Waals surface area (Å²) in [6.07, 6.45) is 0.328. The molecule has 0 saturated heterocycles. The van der Waals surface area contributed by atoms with E-state index in [4.69, 9.17) is 42.9 Å². The number of aliphatic hydroxyl groups excluding tert-OH is 2. The van der Waals surface area contributed by atoms with Gasteiger partial charge in [0.2, 0.25) is 0 Å². The van der Waals surface area contributed by atoms with Crippen LogP contribution in [0.5, 0.6) is 0 Å². The molecule has 16 heteroatoms. The van der Waals surface area contributed by atoms with Crippen LogP contribution in [0.4, 0.5) is 0 Å². The Morgan fingerprint density at radius 2 is 1.01 bits per heavy atom. The van der Waals surface area contributed by atoms with Crippen LogP contribution in [0, 0.1) is 0 Å². The topological polar surface area (TPSA) is 171 Å². The van der Waals surface area contributed by atoms with Gasteiger partial charge < -0.3 is 28.8 Å². The van der Waals surface area contributed by atoms with Crippen molar-refractivity contribution in [3.63, 3.8) is 0 Å². The first-order valence-electron chi connectivity index (χ1n) is 21.1. The number of halogens is 2. The van der Waals surface area contributed by atoms with Crippen LogP contribution < -0.4 is 10.9 Å². The molecule has 0 amide bonds. The molecule has 0 atom stereocenters. The second-order valence-corrected chi connectivity index (χ2v) is 19.4. The van der Waals surface area contributed by atoms with Gasteiger partial charge in [-0.05, 0) is 96.1 Å². The lowest BCUT2D eigenvalue weighted by Crippen LogP contribution is -2.24. The number of thioether (sulfide) groups is 1. The summed E-state index contributed by atoms with van der Waals surface area (Å²) in [7, 11) is -1.06. The van der Waals surface area contributed by atoms with Crippen molar-refractivity contribution in [2.24, 2.45) is 0 Å². The number of aromatic nitrogens is 2. The number of fused-ring (bicyclic) bond motifs is 2. The Bertz CT molecular complexity index is 3360. The molecule has 0 bridgehead atoms.